The Bertz CT molecular complexity index is 540. The molecule has 0 atom stereocenters. The van der Waals surface area contributed by atoms with Crippen LogP contribution in [0.15, 0.2) is 54.4 Å². The van der Waals surface area contributed by atoms with Gasteiger partial charge >= 0.3 is 0 Å². The van der Waals surface area contributed by atoms with Gasteiger partial charge in [0, 0.05) is 18.3 Å². The first-order valence-electron chi connectivity index (χ1n) is 6.38. The summed E-state index contributed by atoms with van der Waals surface area (Å²) < 4.78 is 2.03. The lowest BCUT2D eigenvalue weighted by Crippen LogP contribution is -2.22. The largest absolute Gasteiger partial charge is 0.313 e. The summed E-state index contributed by atoms with van der Waals surface area (Å²) in [6.45, 7) is 2.98. The zero-order valence-electron chi connectivity index (χ0n) is 10.3. The number of nitrogens with zero attached hydrogens (tertiary/aromatic N) is 2. The van der Waals surface area contributed by atoms with Gasteiger partial charge in [0.15, 0.2) is 0 Å². The minimum Gasteiger partial charge on any atom is -0.313 e. The summed E-state index contributed by atoms with van der Waals surface area (Å²) in [6, 6.07) is 10.4. The van der Waals surface area contributed by atoms with Gasteiger partial charge in [0.2, 0.25) is 0 Å². The van der Waals surface area contributed by atoms with Crippen LogP contribution < -0.4 is 5.32 Å². The number of hydrogen-bond acceptors (Lipinski definition) is 2. The van der Waals surface area contributed by atoms with Crippen LogP contribution in [0.4, 0.5) is 0 Å². The fourth-order valence-electron chi connectivity index (χ4n) is 2.25. The van der Waals surface area contributed by atoms with Crippen LogP contribution in [-0.4, -0.2) is 22.9 Å². The van der Waals surface area contributed by atoms with E-state index < -0.39 is 0 Å². The minimum atomic E-state index is 0.911. The molecular formula is C15H17N3. The Labute approximate surface area is 107 Å². The first-order chi connectivity index (χ1) is 8.92. The smallest absolute Gasteiger partial charge is 0.0620 e. The summed E-state index contributed by atoms with van der Waals surface area (Å²) in [7, 11) is 0. The molecule has 1 aromatic carbocycles. The molecule has 3 heteroatoms. The topological polar surface area (TPSA) is 29.9 Å². The van der Waals surface area contributed by atoms with Gasteiger partial charge in [-0.25, -0.2) is 0 Å². The average molecular weight is 239 g/mol. The molecule has 1 aliphatic rings. The van der Waals surface area contributed by atoms with Gasteiger partial charge in [-0.2, -0.15) is 5.10 Å². The van der Waals surface area contributed by atoms with E-state index in [0.717, 1.165) is 26.1 Å². The van der Waals surface area contributed by atoms with Crippen molar-refractivity contribution < 1.29 is 0 Å². The number of hydrogen-bond donors (Lipinski definition) is 1. The first-order valence-corrected chi connectivity index (χ1v) is 6.38. The monoisotopic (exact) mass is 239 g/mol. The highest BCUT2D eigenvalue weighted by Crippen LogP contribution is 2.18. The molecule has 0 aliphatic carbocycles. The van der Waals surface area contributed by atoms with Crippen molar-refractivity contribution in [1.29, 1.82) is 0 Å². The van der Waals surface area contributed by atoms with E-state index in [9.17, 15) is 0 Å². The Morgan fingerprint density at radius 3 is 2.83 bits per heavy atom. The fourth-order valence-corrected chi connectivity index (χ4v) is 2.25. The quantitative estimate of drug-likeness (QED) is 0.834. The molecule has 1 N–H and O–H groups in total. The molecular weight excluding hydrogens is 222 g/mol. The number of nitrogens with one attached hydrogen (secondary N) is 1. The van der Waals surface area contributed by atoms with Crippen LogP contribution in [0, 0.1) is 0 Å². The van der Waals surface area contributed by atoms with Crippen molar-refractivity contribution in [2.75, 3.05) is 13.1 Å². The SMILES string of the molecule is C1=C(Cn2cc(-c3ccccc3)cn2)CCNC1. The van der Waals surface area contributed by atoms with Crippen molar-refractivity contribution in [3.8, 4) is 11.1 Å². The van der Waals surface area contributed by atoms with Gasteiger partial charge in [0.25, 0.3) is 0 Å². The fraction of sp³-hybridized carbons (Fsp3) is 0.267. The second-order valence-corrected chi connectivity index (χ2v) is 4.61. The molecule has 0 saturated carbocycles. The zero-order valence-corrected chi connectivity index (χ0v) is 10.3. The second-order valence-electron chi connectivity index (χ2n) is 4.61. The lowest BCUT2D eigenvalue weighted by atomic mass is 10.1. The highest BCUT2D eigenvalue weighted by Gasteiger charge is 2.05. The van der Waals surface area contributed by atoms with Gasteiger partial charge in [-0.1, -0.05) is 42.0 Å². The van der Waals surface area contributed by atoms with Gasteiger partial charge in [-0.3, -0.25) is 4.68 Å². The summed E-state index contributed by atoms with van der Waals surface area (Å²) in [6.07, 6.45) is 7.46. The Morgan fingerprint density at radius 1 is 1.17 bits per heavy atom. The van der Waals surface area contributed by atoms with Gasteiger partial charge in [-0.15, -0.1) is 0 Å². The first kappa shape index (κ1) is 11.2. The maximum Gasteiger partial charge on any atom is 0.0620 e. The maximum absolute atomic E-state index is 4.44. The van der Waals surface area contributed by atoms with E-state index in [0.29, 0.717) is 0 Å². The summed E-state index contributed by atoms with van der Waals surface area (Å²) in [5.41, 5.74) is 3.88. The molecule has 2 heterocycles. The third kappa shape index (κ3) is 2.51. The normalized spacial score (nSPS) is 15.4. The molecule has 0 bridgehead atoms. The van der Waals surface area contributed by atoms with Crippen LogP contribution in [0.1, 0.15) is 6.42 Å². The van der Waals surface area contributed by atoms with E-state index in [2.05, 4.69) is 47.0 Å². The third-order valence-electron chi connectivity index (χ3n) is 3.26. The molecule has 1 aliphatic heterocycles. The van der Waals surface area contributed by atoms with Gasteiger partial charge in [0.05, 0.1) is 12.7 Å². The van der Waals surface area contributed by atoms with Crippen molar-refractivity contribution >= 4 is 0 Å². The van der Waals surface area contributed by atoms with E-state index >= 15 is 0 Å². The van der Waals surface area contributed by atoms with Crippen molar-refractivity contribution in [2.24, 2.45) is 0 Å². The minimum absolute atomic E-state index is 0.911. The molecule has 0 spiro atoms. The molecule has 1 aromatic heterocycles. The van der Waals surface area contributed by atoms with Crippen LogP contribution in [0.3, 0.4) is 0 Å². The van der Waals surface area contributed by atoms with E-state index in [1.165, 1.54) is 16.7 Å². The van der Waals surface area contributed by atoms with Gasteiger partial charge < -0.3 is 5.32 Å². The zero-order chi connectivity index (χ0) is 12.2. The predicted molar refractivity (Wildman–Crippen MR) is 73.2 cm³/mol. The van der Waals surface area contributed by atoms with Crippen LogP contribution >= 0.6 is 0 Å². The van der Waals surface area contributed by atoms with Crippen molar-refractivity contribution in [2.45, 2.75) is 13.0 Å². The van der Waals surface area contributed by atoms with E-state index in [1.807, 2.05) is 16.9 Å². The highest BCUT2D eigenvalue weighted by atomic mass is 15.3. The molecule has 0 fully saturated rings. The average Bonchev–Trinajstić information content (AvgIpc) is 2.89. The van der Waals surface area contributed by atoms with Crippen LogP contribution in [0.2, 0.25) is 0 Å². The number of aromatic nitrogens is 2. The van der Waals surface area contributed by atoms with E-state index in [-0.39, 0.29) is 0 Å². The van der Waals surface area contributed by atoms with Crippen LogP contribution in [0.5, 0.6) is 0 Å². The molecule has 0 unspecified atom stereocenters. The molecule has 0 saturated heterocycles. The lowest BCUT2D eigenvalue weighted by molar-refractivity contribution is 0.613. The Balaban J connectivity index is 1.75. The van der Waals surface area contributed by atoms with Crippen molar-refractivity contribution in [1.82, 2.24) is 15.1 Å². The Kier molecular flexibility index (Phi) is 3.24. The number of benzene rings is 1. The van der Waals surface area contributed by atoms with Crippen LogP contribution in [-0.2, 0) is 6.54 Å². The summed E-state index contributed by atoms with van der Waals surface area (Å²) >= 11 is 0. The standard InChI is InChI=1S/C15H17N3/c1-2-4-14(5-3-1)15-10-17-18(12-15)11-13-6-8-16-9-7-13/h1-6,10,12,16H,7-9,11H2. The summed E-state index contributed by atoms with van der Waals surface area (Å²) in [4.78, 5) is 0. The molecule has 3 nitrogen and oxygen atoms in total. The Morgan fingerprint density at radius 2 is 2.06 bits per heavy atom. The number of rotatable bonds is 3. The molecule has 2 aromatic rings. The van der Waals surface area contributed by atoms with Crippen molar-refractivity contribution in [3.05, 3.63) is 54.4 Å². The third-order valence-corrected chi connectivity index (χ3v) is 3.26. The van der Waals surface area contributed by atoms with E-state index in [1.54, 1.807) is 0 Å². The molecule has 3 rings (SSSR count). The molecule has 0 amide bonds. The lowest BCUT2D eigenvalue weighted by Gasteiger charge is -2.13. The van der Waals surface area contributed by atoms with E-state index in [4.69, 9.17) is 0 Å². The summed E-state index contributed by atoms with van der Waals surface area (Å²) in [5.74, 6) is 0. The molecule has 0 radical (unpaired) electrons. The van der Waals surface area contributed by atoms with Crippen molar-refractivity contribution in [3.63, 3.8) is 0 Å². The predicted octanol–water partition coefficient (Wildman–Crippen LogP) is 2.47. The van der Waals surface area contributed by atoms with Gasteiger partial charge in [0.1, 0.15) is 0 Å². The molecule has 92 valence electrons. The molecule has 18 heavy (non-hydrogen) atoms. The Hall–Kier alpha value is -1.87. The summed E-state index contributed by atoms with van der Waals surface area (Å²) in [5, 5.41) is 7.77. The van der Waals surface area contributed by atoms with Crippen LogP contribution in [0.25, 0.3) is 11.1 Å². The maximum atomic E-state index is 4.44. The second kappa shape index (κ2) is 5.19. The van der Waals surface area contributed by atoms with Gasteiger partial charge in [-0.05, 0) is 18.5 Å². The highest BCUT2D eigenvalue weighted by molar-refractivity contribution is 5.61.